The molecule has 6 heteroatoms. The molecule has 0 amide bonds. The van der Waals surface area contributed by atoms with Crippen LogP contribution in [0.4, 0.5) is 4.39 Å². The van der Waals surface area contributed by atoms with Crippen LogP contribution in [0.5, 0.6) is 5.75 Å². The monoisotopic (exact) mass is 292 g/mol. The number of nitrogens with zero attached hydrogens (tertiary/aromatic N) is 2. The number of aromatic nitrogens is 1. The lowest BCUT2D eigenvalue weighted by atomic mass is 10.3. The minimum absolute atomic E-state index is 0.174. The number of rotatable bonds is 6. The van der Waals surface area contributed by atoms with Crippen LogP contribution in [0.25, 0.3) is 0 Å². The smallest absolute Gasteiger partial charge is 0.165 e. The van der Waals surface area contributed by atoms with Crippen LogP contribution in [-0.4, -0.2) is 12.1 Å². The number of benzene rings is 1. The summed E-state index contributed by atoms with van der Waals surface area (Å²) in [6.45, 7) is 0.529. The van der Waals surface area contributed by atoms with E-state index in [0.717, 1.165) is 10.6 Å². The zero-order valence-corrected chi connectivity index (χ0v) is 11.7. The lowest BCUT2D eigenvalue weighted by Gasteiger charge is -2.04. The molecule has 1 aromatic heterocycles. The molecule has 104 valence electrons. The Labute approximate surface area is 120 Å². The van der Waals surface area contributed by atoms with Crippen LogP contribution in [-0.2, 0) is 24.4 Å². The Morgan fingerprint density at radius 1 is 1.35 bits per heavy atom. The van der Waals surface area contributed by atoms with Crippen molar-refractivity contribution in [3.8, 4) is 11.8 Å². The summed E-state index contributed by atoms with van der Waals surface area (Å²) in [4.78, 5) is 5.22. The maximum Gasteiger partial charge on any atom is 0.165 e. The first kappa shape index (κ1) is 14.4. The second-order valence-electron chi connectivity index (χ2n) is 3.96. The molecule has 0 N–H and O–H groups in total. The van der Waals surface area contributed by atoms with Crippen molar-refractivity contribution < 1.29 is 13.9 Å². The molecule has 0 atom stereocenters. The molecule has 0 spiro atoms. The number of hydrogen-bond acceptors (Lipinski definition) is 5. The standard InChI is InChI=1S/C14H13FN2O2S/c1-18-8-11-13(6-7-16)20-14(17-11)9-19-12-5-3-2-4-10(12)15/h2-5H,6,8-9H2,1H3. The molecule has 0 bridgehead atoms. The lowest BCUT2D eigenvalue weighted by Crippen LogP contribution is -1.98. The largest absolute Gasteiger partial charge is 0.483 e. The average molecular weight is 292 g/mol. The Balaban J connectivity index is 2.08. The minimum Gasteiger partial charge on any atom is -0.483 e. The van der Waals surface area contributed by atoms with E-state index in [1.807, 2.05) is 0 Å². The molecular formula is C14H13FN2O2S. The van der Waals surface area contributed by atoms with E-state index in [1.54, 1.807) is 25.3 Å². The van der Waals surface area contributed by atoms with Gasteiger partial charge in [-0.25, -0.2) is 9.37 Å². The van der Waals surface area contributed by atoms with E-state index in [9.17, 15) is 4.39 Å². The van der Waals surface area contributed by atoms with E-state index in [0.29, 0.717) is 11.6 Å². The van der Waals surface area contributed by atoms with Gasteiger partial charge in [-0.2, -0.15) is 5.26 Å². The highest BCUT2D eigenvalue weighted by Crippen LogP contribution is 2.23. The quantitative estimate of drug-likeness (QED) is 0.821. The van der Waals surface area contributed by atoms with Crippen molar-refractivity contribution in [2.45, 2.75) is 19.6 Å². The maximum atomic E-state index is 13.4. The molecule has 0 radical (unpaired) electrons. The molecule has 0 aliphatic carbocycles. The van der Waals surface area contributed by atoms with Crippen molar-refractivity contribution in [2.75, 3.05) is 7.11 Å². The summed E-state index contributed by atoms with van der Waals surface area (Å²) < 4.78 is 23.9. The topological polar surface area (TPSA) is 55.1 Å². The second-order valence-corrected chi connectivity index (χ2v) is 5.13. The summed E-state index contributed by atoms with van der Waals surface area (Å²) in [5.41, 5.74) is 0.742. The van der Waals surface area contributed by atoms with Gasteiger partial charge < -0.3 is 9.47 Å². The van der Waals surface area contributed by atoms with Gasteiger partial charge in [-0.05, 0) is 12.1 Å². The van der Waals surface area contributed by atoms with Gasteiger partial charge in [0.05, 0.1) is 24.8 Å². The number of para-hydroxylation sites is 1. The fourth-order valence-electron chi connectivity index (χ4n) is 1.66. The summed E-state index contributed by atoms with van der Waals surface area (Å²) in [5.74, 6) is -0.212. The molecule has 20 heavy (non-hydrogen) atoms. The van der Waals surface area contributed by atoms with E-state index in [1.165, 1.54) is 17.4 Å². The van der Waals surface area contributed by atoms with Crippen molar-refractivity contribution >= 4 is 11.3 Å². The van der Waals surface area contributed by atoms with Gasteiger partial charge in [-0.15, -0.1) is 11.3 Å². The highest BCUT2D eigenvalue weighted by molar-refractivity contribution is 7.11. The van der Waals surface area contributed by atoms with Crippen molar-refractivity contribution in [1.29, 1.82) is 5.26 Å². The molecule has 0 saturated heterocycles. The van der Waals surface area contributed by atoms with E-state index in [4.69, 9.17) is 14.7 Å². The third kappa shape index (κ3) is 3.53. The van der Waals surface area contributed by atoms with Crippen LogP contribution >= 0.6 is 11.3 Å². The molecule has 0 aliphatic rings. The first-order chi connectivity index (χ1) is 9.74. The Morgan fingerprint density at radius 3 is 2.85 bits per heavy atom. The fourth-order valence-corrected chi connectivity index (χ4v) is 2.58. The summed E-state index contributed by atoms with van der Waals surface area (Å²) in [6.07, 6.45) is 0.288. The minimum atomic E-state index is -0.404. The second kappa shape index (κ2) is 6.98. The van der Waals surface area contributed by atoms with Gasteiger partial charge in [0.15, 0.2) is 11.6 Å². The van der Waals surface area contributed by atoms with E-state index in [-0.39, 0.29) is 18.8 Å². The molecule has 0 aliphatic heterocycles. The van der Waals surface area contributed by atoms with Crippen LogP contribution < -0.4 is 4.74 Å². The Kier molecular flexibility index (Phi) is 5.04. The van der Waals surface area contributed by atoms with Crippen LogP contribution in [0, 0.1) is 17.1 Å². The molecular weight excluding hydrogens is 279 g/mol. The van der Waals surface area contributed by atoms with Gasteiger partial charge in [-0.3, -0.25) is 0 Å². The number of methoxy groups -OCH3 is 1. The first-order valence-corrected chi connectivity index (χ1v) is 6.77. The zero-order chi connectivity index (χ0) is 14.4. The van der Waals surface area contributed by atoms with Gasteiger partial charge in [0.25, 0.3) is 0 Å². The highest BCUT2D eigenvalue weighted by Gasteiger charge is 2.12. The van der Waals surface area contributed by atoms with Crippen molar-refractivity contribution in [2.24, 2.45) is 0 Å². The molecule has 2 aromatic rings. The van der Waals surface area contributed by atoms with Crippen molar-refractivity contribution in [3.63, 3.8) is 0 Å². The van der Waals surface area contributed by atoms with Crippen LogP contribution in [0.2, 0.25) is 0 Å². The lowest BCUT2D eigenvalue weighted by molar-refractivity contribution is 0.181. The molecule has 1 aromatic carbocycles. The predicted octanol–water partition coefficient (Wildman–Crippen LogP) is 3.07. The summed E-state index contributed by atoms with van der Waals surface area (Å²) in [6, 6.07) is 8.31. The number of hydrogen-bond donors (Lipinski definition) is 0. The summed E-state index contributed by atoms with van der Waals surface area (Å²) in [5, 5.41) is 9.47. The Morgan fingerprint density at radius 2 is 2.15 bits per heavy atom. The normalized spacial score (nSPS) is 10.2. The van der Waals surface area contributed by atoms with E-state index >= 15 is 0 Å². The van der Waals surface area contributed by atoms with Gasteiger partial charge >= 0.3 is 0 Å². The third-order valence-electron chi connectivity index (χ3n) is 2.53. The summed E-state index contributed by atoms with van der Waals surface area (Å²) >= 11 is 1.39. The van der Waals surface area contributed by atoms with Crippen molar-refractivity contribution in [1.82, 2.24) is 4.98 Å². The van der Waals surface area contributed by atoms with Gasteiger partial charge in [0.2, 0.25) is 0 Å². The molecule has 0 unspecified atom stereocenters. The van der Waals surface area contributed by atoms with E-state index < -0.39 is 5.82 Å². The van der Waals surface area contributed by atoms with Gasteiger partial charge in [0.1, 0.15) is 11.6 Å². The highest BCUT2D eigenvalue weighted by atomic mass is 32.1. The van der Waals surface area contributed by atoms with E-state index in [2.05, 4.69) is 11.1 Å². The summed E-state index contributed by atoms with van der Waals surface area (Å²) in [7, 11) is 1.57. The molecule has 0 fully saturated rings. The number of halogens is 1. The van der Waals surface area contributed by atoms with Crippen molar-refractivity contribution in [3.05, 3.63) is 45.7 Å². The predicted molar refractivity (Wildman–Crippen MR) is 72.9 cm³/mol. The zero-order valence-electron chi connectivity index (χ0n) is 10.9. The molecule has 2 rings (SSSR count). The third-order valence-corrected chi connectivity index (χ3v) is 3.60. The fraction of sp³-hybridized carbons (Fsp3) is 0.286. The first-order valence-electron chi connectivity index (χ1n) is 5.95. The van der Waals surface area contributed by atoms with Crippen LogP contribution in [0.15, 0.2) is 24.3 Å². The molecule has 4 nitrogen and oxygen atoms in total. The number of nitriles is 1. The Bertz CT molecular complexity index is 622. The van der Waals surface area contributed by atoms with Crippen LogP contribution in [0.3, 0.4) is 0 Å². The number of ether oxygens (including phenoxy) is 2. The van der Waals surface area contributed by atoms with Crippen LogP contribution in [0.1, 0.15) is 15.6 Å². The Hall–Kier alpha value is -1.97. The molecule has 0 saturated carbocycles. The molecule has 1 heterocycles. The van der Waals surface area contributed by atoms with Gasteiger partial charge in [0, 0.05) is 12.0 Å². The number of thiazole rings is 1. The van der Waals surface area contributed by atoms with Gasteiger partial charge in [-0.1, -0.05) is 12.1 Å². The maximum absolute atomic E-state index is 13.4. The SMILES string of the molecule is COCc1nc(COc2ccccc2F)sc1CC#N. The average Bonchev–Trinajstić information content (AvgIpc) is 2.81.